The van der Waals surface area contributed by atoms with E-state index in [2.05, 4.69) is 10.1 Å². The minimum absolute atomic E-state index is 0.0364. The number of fused-ring (bicyclic) bond motifs is 1. The second-order valence-corrected chi connectivity index (χ2v) is 8.09. The number of carbonyl (C=O) groups is 1. The Kier molecular flexibility index (Phi) is 5.90. The molecule has 158 valence electrons. The van der Waals surface area contributed by atoms with E-state index in [0.29, 0.717) is 34.2 Å². The number of nitrogens with zero attached hydrogens (tertiary/aromatic N) is 2. The maximum Gasteiger partial charge on any atom is 0.339 e. The van der Waals surface area contributed by atoms with Crippen molar-refractivity contribution in [1.29, 1.82) is 0 Å². The summed E-state index contributed by atoms with van der Waals surface area (Å²) in [6.07, 6.45) is 0. The Labute approximate surface area is 182 Å². The molecule has 0 aliphatic heterocycles. The second kappa shape index (κ2) is 8.77. The van der Waals surface area contributed by atoms with E-state index in [1.807, 2.05) is 38.1 Å². The maximum atomic E-state index is 12.8. The predicted molar refractivity (Wildman–Crippen MR) is 116 cm³/mol. The van der Waals surface area contributed by atoms with Crippen molar-refractivity contribution in [2.75, 3.05) is 0 Å². The first-order chi connectivity index (χ1) is 14.9. The Morgan fingerprint density at radius 2 is 1.94 bits per heavy atom. The smallest absolute Gasteiger partial charge is 0.339 e. The van der Waals surface area contributed by atoms with Crippen LogP contribution in [-0.4, -0.2) is 16.1 Å². The van der Waals surface area contributed by atoms with Gasteiger partial charge in [-0.1, -0.05) is 29.4 Å². The van der Waals surface area contributed by atoms with Gasteiger partial charge < -0.3 is 13.7 Å². The minimum Gasteiger partial charge on any atom is -0.457 e. The summed E-state index contributed by atoms with van der Waals surface area (Å²) in [6.45, 7) is 5.56. The van der Waals surface area contributed by atoms with Crippen LogP contribution in [-0.2, 0) is 17.1 Å². The van der Waals surface area contributed by atoms with E-state index >= 15 is 0 Å². The van der Waals surface area contributed by atoms with Gasteiger partial charge in [0.25, 0.3) is 0 Å². The van der Waals surface area contributed by atoms with E-state index in [9.17, 15) is 9.59 Å². The SMILES string of the molecule is Cc1noc(CSc2ccccc2C(=O)OCc2cc(=O)oc3c(C)c(C)ccc23)n1. The lowest BCUT2D eigenvalue weighted by Gasteiger charge is -2.11. The van der Waals surface area contributed by atoms with E-state index in [4.69, 9.17) is 13.7 Å². The van der Waals surface area contributed by atoms with Crippen LogP contribution in [0.25, 0.3) is 11.0 Å². The van der Waals surface area contributed by atoms with Gasteiger partial charge in [0, 0.05) is 21.9 Å². The third-order valence-electron chi connectivity index (χ3n) is 4.90. The number of carbonyl (C=O) groups excluding carboxylic acids is 1. The van der Waals surface area contributed by atoms with Crippen molar-refractivity contribution in [3.05, 3.63) is 86.9 Å². The summed E-state index contributed by atoms with van der Waals surface area (Å²) in [7, 11) is 0. The second-order valence-electron chi connectivity index (χ2n) is 7.07. The molecule has 31 heavy (non-hydrogen) atoms. The molecule has 0 radical (unpaired) electrons. The number of ether oxygens (including phenoxy) is 1. The van der Waals surface area contributed by atoms with Crippen molar-refractivity contribution < 1.29 is 18.5 Å². The van der Waals surface area contributed by atoms with E-state index in [1.165, 1.54) is 17.8 Å². The average Bonchev–Trinajstić information content (AvgIpc) is 3.18. The van der Waals surface area contributed by atoms with E-state index in [0.717, 1.165) is 21.4 Å². The van der Waals surface area contributed by atoms with Crippen molar-refractivity contribution in [1.82, 2.24) is 10.1 Å². The highest BCUT2D eigenvalue weighted by Crippen LogP contribution is 2.27. The quantitative estimate of drug-likeness (QED) is 0.243. The van der Waals surface area contributed by atoms with Crippen LogP contribution in [0.5, 0.6) is 0 Å². The standard InChI is InChI=1S/C23H20N2O5S/c1-13-8-9-17-16(10-21(26)29-22(17)14(13)2)11-28-23(27)18-6-4-5-7-19(18)31-12-20-24-15(3)25-30-20/h4-10H,11-12H2,1-3H3. The van der Waals surface area contributed by atoms with Crippen LogP contribution < -0.4 is 5.63 Å². The molecule has 4 aromatic rings. The topological polar surface area (TPSA) is 95.4 Å². The van der Waals surface area contributed by atoms with Crippen LogP contribution >= 0.6 is 11.8 Å². The van der Waals surface area contributed by atoms with E-state index in [-0.39, 0.29) is 6.61 Å². The number of hydrogen-bond donors (Lipinski definition) is 0. The third kappa shape index (κ3) is 4.54. The summed E-state index contributed by atoms with van der Waals surface area (Å²) in [5, 5.41) is 4.52. The Bertz CT molecular complexity index is 1330. The summed E-state index contributed by atoms with van der Waals surface area (Å²) < 4.78 is 16.1. The number of rotatable bonds is 6. The molecule has 0 amide bonds. The van der Waals surface area contributed by atoms with Gasteiger partial charge in [-0.15, -0.1) is 11.8 Å². The number of benzene rings is 2. The van der Waals surface area contributed by atoms with Crippen LogP contribution in [0.15, 0.2) is 61.1 Å². The maximum absolute atomic E-state index is 12.8. The first-order valence-corrected chi connectivity index (χ1v) is 10.6. The molecule has 0 aliphatic carbocycles. The lowest BCUT2D eigenvalue weighted by molar-refractivity contribution is 0.0469. The zero-order valence-corrected chi connectivity index (χ0v) is 18.1. The lowest BCUT2D eigenvalue weighted by atomic mass is 10.0. The molecule has 2 aromatic heterocycles. The minimum atomic E-state index is -0.477. The van der Waals surface area contributed by atoms with Gasteiger partial charge in [0.15, 0.2) is 5.82 Å². The summed E-state index contributed by atoms with van der Waals surface area (Å²) in [4.78, 5) is 29.8. The van der Waals surface area contributed by atoms with Gasteiger partial charge in [0.05, 0.1) is 11.3 Å². The fourth-order valence-corrected chi connectivity index (χ4v) is 4.04. The monoisotopic (exact) mass is 436 g/mol. The Balaban J connectivity index is 1.53. The highest BCUT2D eigenvalue weighted by Gasteiger charge is 2.16. The number of hydrogen-bond acceptors (Lipinski definition) is 8. The molecule has 0 spiro atoms. The molecule has 0 saturated heterocycles. The number of aryl methyl sites for hydroxylation is 3. The number of aromatic nitrogens is 2. The van der Waals surface area contributed by atoms with Gasteiger partial charge in [0.2, 0.25) is 5.89 Å². The van der Waals surface area contributed by atoms with Crippen molar-refractivity contribution in [3.8, 4) is 0 Å². The molecule has 7 nitrogen and oxygen atoms in total. The molecule has 0 atom stereocenters. The Hall–Kier alpha value is -3.39. The van der Waals surface area contributed by atoms with Crippen molar-refractivity contribution in [3.63, 3.8) is 0 Å². The van der Waals surface area contributed by atoms with Crippen molar-refractivity contribution in [2.24, 2.45) is 0 Å². The number of esters is 1. The molecule has 0 saturated carbocycles. The first-order valence-electron chi connectivity index (χ1n) is 9.63. The molecule has 0 fully saturated rings. The molecular weight excluding hydrogens is 416 g/mol. The fraction of sp³-hybridized carbons (Fsp3) is 0.217. The van der Waals surface area contributed by atoms with E-state index in [1.54, 1.807) is 19.1 Å². The van der Waals surface area contributed by atoms with Gasteiger partial charge in [-0.3, -0.25) is 0 Å². The Morgan fingerprint density at radius 1 is 1.13 bits per heavy atom. The molecular formula is C23H20N2O5S. The molecule has 4 rings (SSSR count). The molecule has 0 aliphatic rings. The molecule has 0 N–H and O–H groups in total. The molecule has 2 aromatic carbocycles. The number of thioether (sulfide) groups is 1. The molecule has 2 heterocycles. The lowest BCUT2D eigenvalue weighted by Crippen LogP contribution is -2.09. The van der Waals surface area contributed by atoms with Crippen LogP contribution in [0, 0.1) is 20.8 Å². The average molecular weight is 436 g/mol. The Morgan fingerprint density at radius 3 is 2.71 bits per heavy atom. The van der Waals surface area contributed by atoms with Crippen LogP contribution in [0.3, 0.4) is 0 Å². The normalized spacial score (nSPS) is 11.1. The van der Waals surface area contributed by atoms with E-state index < -0.39 is 11.6 Å². The van der Waals surface area contributed by atoms with Gasteiger partial charge in [-0.05, 0) is 44.0 Å². The fourth-order valence-electron chi connectivity index (χ4n) is 3.16. The molecule has 8 heteroatoms. The predicted octanol–water partition coefficient (Wildman–Crippen LogP) is 4.75. The van der Waals surface area contributed by atoms with Gasteiger partial charge >= 0.3 is 11.6 Å². The first kappa shape index (κ1) is 20.9. The van der Waals surface area contributed by atoms with Crippen molar-refractivity contribution >= 4 is 28.7 Å². The zero-order valence-electron chi connectivity index (χ0n) is 17.3. The summed E-state index contributed by atoms with van der Waals surface area (Å²) >= 11 is 1.41. The molecule has 0 bridgehead atoms. The highest BCUT2D eigenvalue weighted by atomic mass is 32.2. The van der Waals surface area contributed by atoms with Gasteiger partial charge in [0.1, 0.15) is 12.2 Å². The van der Waals surface area contributed by atoms with Crippen LogP contribution in [0.1, 0.15) is 38.8 Å². The van der Waals surface area contributed by atoms with Crippen LogP contribution in [0.4, 0.5) is 0 Å². The van der Waals surface area contributed by atoms with Gasteiger partial charge in [-0.25, -0.2) is 9.59 Å². The summed E-state index contributed by atoms with van der Waals surface area (Å²) in [5.41, 5.74) is 2.99. The van der Waals surface area contributed by atoms with Crippen molar-refractivity contribution in [2.45, 2.75) is 38.0 Å². The zero-order chi connectivity index (χ0) is 22.0. The molecule has 0 unspecified atom stereocenters. The summed E-state index contributed by atoms with van der Waals surface area (Å²) in [5.74, 6) is 1.01. The van der Waals surface area contributed by atoms with Crippen LogP contribution in [0.2, 0.25) is 0 Å². The largest absolute Gasteiger partial charge is 0.457 e. The summed E-state index contributed by atoms with van der Waals surface area (Å²) in [6, 6.07) is 12.4. The third-order valence-corrected chi connectivity index (χ3v) is 5.96. The van der Waals surface area contributed by atoms with Gasteiger partial charge in [-0.2, -0.15) is 4.98 Å². The highest BCUT2D eigenvalue weighted by molar-refractivity contribution is 7.98.